The van der Waals surface area contributed by atoms with E-state index in [-0.39, 0.29) is 10.5 Å². The van der Waals surface area contributed by atoms with Gasteiger partial charge in [0.15, 0.2) is 5.78 Å². The summed E-state index contributed by atoms with van der Waals surface area (Å²) in [6.07, 6.45) is -5.25. The molecule has 8 heteroatoms. The number of rotatable bonds is 3. The SMILES string of the molecule is CN1C(=O)N(C)[C@](O)(C(F)(F)F)[C@@H](C(=O)c2ccccc2)[C@@H]1c1ccccc1. The number of urea groups is 1. The van der Waals surface area contributed by atoms with Crippen molar-refractivity contribution in [1.29, 1.82) is 0 Å². The number of hydrogen-bond acceptors (Lipinski definition) is 3. The van der Waals surface area contributed by atoms with E-state index < -0.39 is 35.7 Å². The van der Waals surface area contributed by atoms with Gasteiger partial charge in [0.2, 0.25) is 0 Å². The number of nitrogens with zero attached hydrogens (tertiary/aromatic N) is 2. The van der Waals surface area contributed by atoms with Crippen LogP contribution >= 0.6 is 0 Å². The Morgan fingerprint density at radius 3 is 2.00 bits per heavy atom. The number of alkyl halides is 3. The van der Waals surface area contributed by atoms with E-state index in [2.05, 4.69) is 0 Å². The van der Waals surface area contributed by atoms with Crippen molar-refractivity contribution < 1.29 is 27.9 Å². The van der Waals surface area contributed by atoms with Gasteiger partial charge in [-0.2, -0.15) is 13.2 Å². The van der Waals surface area contributed by atoms with Gasteiger partial charge in [-0.3, -0.25) is 9.69 Å². The van der Waals surface area contributed by atoms with Gasteiger partial charge < -0.3 is 10.0 Å². The fourth-order valence-corrected chi connectivity index (χ4v) is 3.69. The third kappa shape index (κ3) is 2.93. The van der Waals surface area contributed by atoms with Crippen molar-refractivity contribution in [1.82, 2.24) is 9.80 Å². The Morgan fingerprint density at radius 1 is 1.00 bits per heavy atom. The number of amides is 2. The first-order valence-corrected chi connectivity index (χ1v) is 8.54. The predicted molar refractivity (Wildman–Crippen MR) is 95.4 cm³/mol. The van der Waals surface area contributed by atoms with Crippen LogP contribution in [0, 0.1) is 5.92 Å². The minimum absolute atomic E-state index is 0.0206. The third-order valence-corrected chi connectivity index (χ3v) is 5.17. The van der Waals surface area contributed by atoms with Gasteiger partial charge in [-0.25, -0.2) is 4.79 Å². The Balaban J connectivity index is 2.26. The highest BCUT2D eigenvalue weighted by molar-refractivity contribution is 6.00. The maximum absolute atomic E-state index is 14.1. The van der Waals surface area contributed by atoms with Gasteiger partial charge in [0.05, 0.1) is 6.04 Å². The Labute approximate surface area is 160 Å². The summed E-state index contributed by atoms with van der Waals surface area (Å²) < 4.78 is 42.2. The highest BCUT2D eigenvalue weighted by Gasteiger charge is 2.70. The average molecular weight is 392 g/mol. The van der Waals surface area contributed by atoms with Crippen molar-refractivity contribution in [2.75, 3.05) is 14.1 Å². The predicted octanol–water partition coefficient (Wildman–Crippen LogP) is 3.47. The molecule has 148 valence electrons. The molecule has 5 nitrogen and oxygen atoms in total. The second kappa shape index (κ2) is 6.94. The fourth-order valence-electron chi connectivity index (χ4n) is 3.69. The van der Waals surface area contributed by atoms with Crippen molar-refractivity contribution in [2.45, 2.75) is 17.9 Å². The molecular formula is C20H19F3N2O3. The summed E-state index contributed by atoms with van der Waals surface area (Å²) in [5, 5.41) is 10.8. The maximum Gasteiger partial charge on any atom is 0.437 e. The molecule has 2 amide bonds. The molecule has 3 atom stereocenters. The summed E-state index contributed by atoms with van der Waals surface area (Å²) in [4.78, 5) is 27.0. The number of carbonyl (C=O) groups excluding carboxylic acids is 2. The summed E-state index contributed by atoms with van der Waals surface area (Å²) in [7, 11) is 2.16. The average Bonchev–Trinajstić information content (AvgIpc) is 2.69. The molecule has 1 aliphatic heterocycles. The van der Waals surface area contributed by atoms with Gasteiger partial charge in [-0.15, -0.1) is 0 Å². The van der Waals surface area contributed by atoms with Gasteiger partial charge in [-0.1, -0.05) is 60.7 Å². The van der Waals surface area contributed by atoms with Crippen molar-refractivity contribution in [3.8, 4) is 0 Å². The van der Waals surface area contributed by atoms with Crippen LogP contribution in [0.4, 0.5) is 18.0 Å². The minimum atomic E-state index is -5.25. The molecular weight excluding hydrogens is 373 g/mol. The number of halogens is 3. The van der Waals surface area contributed by atoms with E-state index in [4.69, 9.17) is 0 Å². The molecule has 0 aliphatic carbocycles. The van der Waals surface area contributed by atoms with Crippen LogP contribution in [0.3, 0.4) is 0 Å². The molecule has 3 rings (SSSR count). The van der Waals surface area contributed by atoms with E-state index in [0.29, 0.717) is 5.56 Å². The number of aliphatic hydroxyl groups is 1. The molecule has 2 aromatic rings. The lowest BCUT2D eigenvalue weighted by Crippen LogP contribution is -2.73. The van der Waals surface area contributed by atoms with Crippen LogP contribution in [0.15, 0.2) is 60.7 Å². The first-order valence-electron chi connectivity index (χ1n) is 8.54. The van der Waals surface area contributed by atoms with Gasteiger partial charge in [0, 0.05) is 19.7 Å². The first-order chi connectivity index (χ1) is 13.1. The van der Waals surface area contributed by atoms with Crippen molar-refractivity contribution in [3.05, 3.63) is 71.8 Å². The second-order valence-electron chi connectivity index (χ2n) is 6.74. The lowest BCUT2D eigenvalue weighted by Gasteiger charge is -2.53. The van der Waals surface area contributed by atoms with Crippen LogP contribution in [0.1, 0.15) is 22.0 Å². The van der Waals surface area contributed by atoms with Gasteiger partial charge >= 0.3 is 12.2 Å². The lowest BCUT2D eigenvalue weighted by molar-refractivity contribution is -0.328. The Kier molecular flexibility index (Phi) is 4.93. The fraction of sp³-hybridized carbons (Fsp3) is 0.300. The molecule has 1 heterocycles. The molecule has 2 aromatic carbocycles. The molecule has 0 bridgehead atoms. The number of benzene rings is 2. The first kappa shape index (κ1) is 19.9. The van der Waals surface area contributed by atoms with Crippen LogP contribution < -0.4 is 0 Å². The molecule has 1 N–H and O–H groups in total. The second-order valence-corrected chi connectivity index (χ2v) is 6.74. The molecule has 0 unspecified atom stereocenters. The van der Waals surface area contributed by atoms with Crippen molar-refractivity contribution in [3.63, 3.8) is 0 Å². The monoisotopic (exact) mass is 392 g/mol. The molecule has 1 aliphatic rings. The Hall–Kier alpha value is -2.87. The highest BCUT2D eigenvalue weighted by atomic mass is 19.4. The normalized spacial score (nSPS) is 25.7. The van der Waals surface area contributed by atoms with E-state index >= 15 is 0 Å². The molecule has 0 aromatic heterocycles. The van der Waals surface area contributed by atoms with Crippen molar-refractivity contribution in [2.24, 2.45) is 5.92 Å². The standard InChI is InChI=1S/C20H19F3N2O3/c1-24-16(13-9-5-3-6-10-13)15(17(26)14-11-7-4-8-12-14)19(28,20(21,22)23)25(2)18(24)27/h3-12,15-16,28H,1-2H3/t15-,16+,19-/m1/s1. The van der Waals surface area contributed by atoms with Crippen LogP contribution in [0.5, 0.6) is 0 Å². The molecule has 28 heavy (non-hydrogen) atoms. The summed E-state index contributed by atoms with van der Waals surface area (Å²) in [5.41, 5.74) is -3.32. The Bertz CT molecular complexity index is 873. The number of Topliss-reactive ketones (excluding diaryl/α,β-unsaturated/α-hetero) is 1. The highest BCUT2D eigenvalue weighted by Crippen LogP contribution is 2.50. The van der Waals surface area contributed by atoms with E-state index in [9.17, 15) is 27.9 Å². The smallest absolute Gasteiger partial charge is 0.363 e. The zero-order valence-electron chi connectivity index (χ0n) is 15.2. The molecule has 0 saturated carbocycles. The summed E-state index contributed by atoms with van der Waals surface area (Å²) in [5.74, 6) is -2.88. The summed E-state index contributed by atoms with van der Waals surface area (Å²) in [6, 6.07) is 13.0. The van der Waals surface area contributed by atoms with E-state index in [0.717, 1.165) is 11.9 Å². The molecule has 0 radical (unpaired) electrons. The van der Waals surface area contributed by atoms with Crippen LogP contribution in [-0.4, -0.2) is 52.7 Å². The molecule has 1 saturated heterocycles. The van der Waals surface area contributed by atoms with E-state index in [1.54, 1.807) is 24.3 Å². The van der Waals surface area contributed by atoms with Crippen LogP contribution in [-0.2, 0) is 0 Å². The van der Waals surface area contributed by atoms with Gasteiger partial charge in [0.1, 0.15) is 5.92 Å². The van der Waals surface area contributed by atoms with Crippen molar-refractivity contribution >= 4 is 11.8 Å². The quantitative estimate of drug-likeness (QED) is 0.814. The zero-order chi connectivity index (χ0) is 20.7. The van der Waals surface area contributed by atoms with Crippen LogP contribution in [0.25, 0.3) is 0 Å². The number of hydrogen-bond donors (Lipinski definition) is 1. The molecule has 0 spiro atoms. The largest absolute Gasteiger partial charge is 0.437 e. The summed E-state index contributed by atoms with van der Waals surface area (Å²) >= 11 is 0. The number of ketones is 1. The number of carbonyl (C=O) groups is 2. The van der Waals surface area contributed by atoms with Gasteiger partial charge in [-0.05, 0) is 5.56 Å². The van der Waals surface area contributed by atoms with Gasteiger partial charge in [0.25, 0.3) is 5.72 Å². The summed E-state index contributed by atoms with van der Waals surface area (Å²) in [6.45, 7) is 0. The topological polar surface area (TPSA) is 60.9 Å². The van der Waals surface area contributed by atoms with Crippen LogP contribution in [0.2, 0.25) is 0 Å². The van der Waals surface area contributed by atoms with E-state index in [1.165, 1.54) is 43.4 Å². The third-order valence-electron chi connectivity index (χ3n) is 5.17. The zero-order valence-corrected chi connectivity index (χ0v) is 15.2. The van der Waals surface area contributed by atoms with E-state index in [1.807, 2.05) is 0 Å². The maximum atomic E-state index is 14.1. The Morgan fingerprint density at radius 2 is 1.50 bits per heavy atom. The lowest BCUT2D eigenvalue weighted by atomic mass is 9.76. The molecule has 1 fully saturated rings. The minimum Gasteiger partial charge on any atom is -0.363 e.